The average molecular weight is 448 g/mol. The highest BCUT2D eigenvalue weighted by Crippen LogP contribution is 2.15. The minimum absolute atomic E-state index is 0.157. The van der Waals surface area contributed by atoms with E-state index < -0.39 is 6.04 Å². The van der Waals surface area contributed by atoms with Gasteiger partial charge in [-0.2, -0.15) is 11.8 Å². The van der Waals surface area contributed by atoms with Crippen LogP contribution in [-0.2, 0) is 11.3 Å². The van der Waals surface area contributed by atoms with Crippen molar-refractivity contribution in [3.63, 3.8) is 0 Å². The van der Waals surface area contributed by atoms with E-state index in [1.807, 2.05) is 24.5 Å². The van der Waals surface area contributed by atoms with E-state index in [1.54, 1.807) is 36.0 Å². The predicted molar refractivity (Wildman–Crippen MR) is 126 cm³/mol. The lowest BCUT2D eigenvalue weighted by Gasteiger charge is -2.20. The molecule has 0 saturated carbocycles. The largest absolute Gasteiger partial charge is 0.354 e. The summed E-state index contributed by atoms with van der Waals surface area (Å²) in [5.41, 5.74) is 1.65. The summed E-state index contributed by atoms with van der Waals surface area (Å²) in [5.74, 6) is 0.292. The predicted octanol–water partition coefficient (Wildman–Crippen LogP) is 3.83. The Morgan fingerprint density at radius 2 is 1.80 bits per heavy atom. The lowest BCUT2D eigenvalue weighted by atomic mass is 10.1. The zero-order chi connectivity index (χ0) is 21.8. The van der Waals surface area contributed by atoms with Gasteiger partial charge in [0.25, 0.3) is 5.91 Å². The van der Waals surface area contributed by atoms with E-state index >= 15 is 0 Å². The smallest absolute Gasteiger partial charge is 0.253 e. The molecule has 2 rings (SSSR count). The quantitative estimate of drug-likeness (QED) is 0.485. The van der Waals surface area contributed by atoms with E-state index in [0.29, 0.717) is 23.6 Å². The topological polar surface area (TPSA) is 61.4 Å². The Bertz CT molecular complexity index is 804. The normalized spacial score (nSPS) is 11.9. The lowest BCUT2D eigenvalue weighted by Crippen LogP contribution is -2.47. The van der Waals surface area contributed by atoms with Gasteiger partial charge in [0.15, 0.2) is 0 Å². The van der Waals surface area contributed by atoms with Crippen LogP contribution in [0.3, 0.4) is 0 Å². The van der Waals surface area contributed by atoms with Gasteiger partial charge in [0.05, 0.1) is 10.6 Å². The fourth-order valence-corrected chi connectivity index (χ4v) is 3.74. The highest BCUT2D eigenvalue weighted by molar-refractivity contribution is 7.98. The van der Waals surface area contributed by atoms with Crippen molar-refractivity contribution in [2.24, 2.45) is 0 Å². The number of carbonyl (C=O) groups is 2. The van der Waals surface area contributed by atoms with Crippen molar-refractivity contribution in [2.75, 3.05) is 32.1 Å². The second-order valence-electron chi connectivity index (χ2n) is 7.16. The van der Waals surface area contributed by atoms with Crippen molar-refractivity contribution in [2.45, 2.75) is 25.4 Å². The van der Waals surface area contributed by atoms with Gasteiger partial charge in [-0.25, -0.2) is 0 Å². The maximum absolute atomic E-state index is 12.7. The maximum Gasteiger partial charge on any atom is 0.253 e. The molecule has 1 atom stereocenters. The molecule has 0 heterocycles. The third kappa shape index (κ3) is 8.38. The zero-order valence-electron chi connectivity index (χ0n) is 17.6. The molecule has 1 unspecified atom stereocenters. The highest BCUT2D eigenvalue weighted by Gasteiger charge is 2.21. The van der Waals surface area contributed by atoms with Gasteiger partial charge in [0, 0.05) is 13.1 Å². The summed E-state index contributed by atoms with van der Waals surface area (Å²) in [5, 5.41) is 6.17. The van der Waals surface area contributed by atoms with E-state index in [1.165, 1.54) is 5.56 Å². The standard InChI is InChI=1S/C23H30ClN3O2S/c1-27(17-18-9-4-3-5-10-18)15-8-14-25-23(29)21(13-16-30-2)26-22(28)19-11-6-7-12-20(19)24/h3-7,9-12,21H,8,13-17H2,1-2H3,(H,25,29)(H,26,28). The van der Waals surface area contributed by atoms with Crippen LogP contribution < -0.4 is 10.6 Å². The minimum atomic E-state index is -0.580. The molecule has 2 aromatic carbocycles. The Morgan fingerprint density at radius 1 is 1.10 bits per heavy atom. The van der Waals surface area contributed by atoms with Crippen molar-refractivity contribution >= 4 is 35.2 Å². The van der Waals surface area contributed by atoms with E-state index in [4.69, 9.17) is 11.6 Å². The van der Waals surface area contributed by atoms with E-state index in [9.17, 15) is 9.59 Å². The van der Waals surface area contributed by atoms with Gasteiger partial charge in [0.1, 0.15) is 6.04 Å². The number of nitrogens with one attached hydrogen (secondary N) is 2. The summed E-state index contributed by atoms with van der Waals surface area (Å²) in [4.78, 5) is 27.4. The van der Waals surface area contributed by atoms with Gasteiger partial charge < -0.3 is 15.5 Å². The SMILES string of the molecule is CSCCC(NC(=O)c1ccccc1Cl)C(=O)NCCCN(C)Cc1ccccc1. The van der Waals surface area contributed by atoms with Crippen LogP contribution in [0.1, 0.15) is 28.8 Å². The van der Waals surface area contributed by atoms with Crippen molar-refractivity contribution in [3.8, 4) is 0 Å². The molecule has 0 radical (unpaired) electrons. The van der Waals surface area contributed by atoms with Crippen LogP contribution in [0.15, 0.2) is 54.6 Å². The molecular weight excluding hydrogens is 418 g/mol. The summed E-state index contributed by atoms with van der Waals surface area (Å²) in [6.45, 7) is 2.31. The van der Waals surface area contributed by atoms with Crippen LogP contribution in [0, 0.1) is 0 Å². The van der Waals surface area contributed by atoms with Gasteiger partial charge in [-0.3, -0.25) is 9.59 Å². The Hall–Kier alpha value is -2.02. The minimum Gasteiger partial charge on any atom is -0.354 e. The summed E-state index contributed by atoms with van der Waals surface area (Å²) in [6.07, 6.45) is 3.38. The first-order valence-electron chi connectivity index (χ1n) is 10.1. The van der Waals surface area contributed by atoms with Crippen molar-refractivity contribution in [1.29, 1.82) is 0 Å². The Labute approximate surface area is 188 Å². The van der Waals surface area contributed by atoms with Gasteiger partial charge >= 0.3 is 0 Å². The second-order valence-corrected chi connectivity index (χ2v) is 8.55. The molecule has 0 aliphatic heterocycles. The number of hydrogen-bond acceptors (Lipinski definition) is 4. The van der Waals surface area contributed by atoms with Crippen molar-refractivity contribution < 1.29 is 9.59 Å². The molecule has 162 valence electrons. The third-order valence-corrected chi connectivity index (χ3v) is 5.64. The molecule has 0 aromatic heterocycles. The molecule has 7 heteroatoms. The molecule has 0 aliphatic rings. The number of carbonyl (C=O) groups excluding carboxylic acids is 2. The molecule has 2 N–H and O–H groups in total. The van der Waals surface area contributed by atoms with E-state index in [2.05, 4.69) is 34.7 Å². The van der Waals surface area contributed by atoms with Gasteiger partial charge in [-0.15, -0.1) is 0 Å². The zero-order valence-corrected chi connectivity index (χ0v) is 19.1. The summed E-state index contributed by atoms with van der Waals surface area (Å²) in [6, 6.07) is 16.6. The molecule has 2 aromatic rings. The van der Waals surface area contributed by atoms with Crippen LogP contribution >= 0.6 is 23.4 Å². The Kier molecular flexibility index (Phi) is 10.8. The number of nitrogens with zero attached hydrogens (tertiary/aromatic N) is 1. The van der Waals surface area contributed by atoms with Crippen molar-refractivity contribution in [1.82, 2.24) is 15.5 Å². The van der Waals surface area contributed by atoms with Crippen LogP contribution in [0.5, 0.6) is 0 Å². The van der Waals surface area contributed by atoms with Crippen molar-refractivity contribution in [3.05, 3.63) is 70.7 Å². The molecule has 0 saturated heterocycles. The highest BCUT2D eigenvalue weighted by atomic mass is 35.5. The maximum atomic E-state index is 12.7. The summed E-state index contributed by atoms with van der Waals surface area (Å²) < 4.78 is 0. The Morgan fingerprint density at radius 3 is 2.50 bits per heavy atom. The molecule has 0 bridgehead atoms. The molecule has 5 nitrogen and oxygen atoms in total. The number of benzene rings is 2. The Balaban J connectivity index is 1.80. The monoisotopic (exact) mass is 447 g/mol. The fourth-order valence-electron chi connectivity index (χ4n) is 3.04. The molecule has 2 amide bonds. The second kappa shape index (κ2) is 13.3. The first-order chi connectivity index (χ1) is 14.5. The number of rotatable bonds is 12. The summed E-state index contributed by atoms with van der Waals surface area (Å²) >= 11 is 7.75. The first-order valence-corrected chi connectivity index (χ1v) is 11.8. The van der Waals surface area contributed by atoms with Crippen LogP contribution in [0.4, 0.5) is 0 Å². The molecule has 0 spiro atoms. The molecular formula is C23H30ClN3O2S. The number of amides is 2. The molecule has 0 fully saturated rings. The first kappa shape index (κ1) is 24.3. The molecule has 30 heavy (non-hydrogen) atoms. The average Bonchev–Trinajstić information content (AvgIpc) is 2.75. The molecule has 0 aliphatic carbocycles. The number of halogens is 1. The number of thioether (sulfide) groups is 1. The van der Waals surface area contributed by atoms with Crippen LogP contribution in [-0.4, -0.2) is 54.9 Å². The number of hydrogen-bond donors (Lipinski definition) is 2. The van der Waals surface area contributed by atoms with Gasteiger partial charge in [-0.05, 0) is 56.1 Å². The van der Waals surface area contributed by atoms with Crippen LogP contribution in [0.2, 0.25) is 5.02 Å². The van der Waals surface area contributed by atoms with Gasteiger partial charge in [0.2, 0.25) is 5.91 Å². The van der Waals surface area contributed by atoms with Gasteiger partial charge in [-0.1, -0.05) is 54.1 Å². The summed E-state index contributed by atoms with van der Waals surface area (Å²) in [7, 11) is 2.07. The van der Waals surface area contributed by atoms with E-state index in [0.717, 1.165) is 25.3 Å². The fraction of sp³-hybridized carbons (Fsp3) is 0.391. The van der Waals surface area contributed by atoms with E-state index in [-0.39, 0.29) is 11.8 Å². The van der Waals surface area contributed by atoms with Crippen LogP contribution in [0.25, 0.3) is 0 Å². The lowest BCUT2D eigenvalue weighted by molar-refractivity contribution is -0.123. The third-order valence-electron chi connectivity index (χ3n) is 4.66.